The van der Waals surface area contributed by atoms with E-state index in [-0.39, 0.29) is 5.41 Å². The summed E-state index contributed by atoms with van der Waals surface area (Å²) in [5.41, 5.74) is 0.248. The van der Waals surface area contributed by atoms with E-state index in [9.17, 15) is 0 Å². The molecule has 0 aromatic carbocycles. The molecule has 1 aliphatic carbocycles. The standard InChI is InChI=1S/C16H33NO/c1-13(2)10-17-11-16(4,5)12-18-15-8-6-14(3)7-9-15/h13-15,17H,6-12H2,1-5H3. The van der Waals surface area contributed by atoms with Gasteiger partial charge in [0.25, 0.3) is 0 Å². The van der Waals surface area contributed by atoms with Crippen LogP contribution in [0.15, 0.2) is 0 Å². The summed E-state index contributed by atoms with van der Waals surface area (Å²) in [6.45, 7) is 14.5. The Hall–Kier alpha value is -0.0800. The smallest absolute Gasteiger partial charge is 0.0575 e. The molecule has 1 saturated carbocycles. The van der Waals surface area contributed by atoms with E-state index < -0.39 is 0 Å². The van der Waals surface area contributed by atoms with Gasteiger partial charge in [0, 0.05) is 12.0 Å². The van der Waals surface area contributed by atoms with Crippen LogP contribution in [0, 0.1) is 17.3 Å². The Bertz CT molecular complexity index is 217. The van der Waals surface area contributed by atoms with E-state index in [1.807, 2.05) is 0 Å². The Morgan fingerprint density at radius 2 is 1.78 bits per heavy atom. The highest BCUT2D eigenvalue weighted by Crippen LogP contribution is 2.27. The van der Waals surface area contributed by atoms with Gasteiger partial charge in [0.2, 0.25) is 0 Å². The van der Waals surface area contributed by atoms with Crippen molar-refractivity contribution in [2.75, 3.05) is 19.7 Å². The van der Waals surface area contributed by atoms with Crippen molar-refractivity contribution >= 4 is 0 Å². The Labute approximate surface area is 114 Å². The van der Waals surface area contributed by atoms with E-state index in [1.54, 1.807) is 0 Å². The van der Waals surface area contributed by atoms with Gasteiger partial charge < -0.3 is 10.1 Å². The number of rotatable bonds is 7. The van der Waals surface area contributed by atoms with Gasteiger partial charge in [-0.1, -0.05) is 34.6 Å². The average Bonchev–Trinajstić information content (AvgIpc) is 2.27. The quantitative estimate of drug-likeness (QED) is 0.746. The zero-order chi connectivity index (χ0) is 13.6. The summed E-state index contributed by atoms with van der Waals surface area (Å²) < 4.78 is 6.11. The zero-order valence-corrected chi connectivity index (χ0v) is 13.1. The van der Waals surface area contributed by atoms with Crippen LogP contribution in [0.1, 0.15) is 60.3 Å². The Balaban J connectivity index is 2.16. The van der Waals surface area contributed by atoms with Crippen molar-refractivity contribution in [3.63, 3.8) is 0 Å². The third-order valence-electron chi connectivity index (χ3n) is 3.83. The number of hydrogen-bond acceptors (Lipinski definition) is 2. The average molecular weight is 255 g/mol. The fourth-order valence-electron chi connectivity index (χ4n) is 2.49. The van der Waals surface area contributed by atoms with Gasteiger partial charge in [0.15, 0.2) is 0 Å². The molecule has 18 heavy (non-hydrogen) atoms. The first-order valence-electron chi connectivity index (χ1n) is 7.71. The molecule has 1 N–H and O–H groups in total. The van der Waals surface area contributed by atoms with Crippen molar-refractivity contribution < 1.29 is 4.74 Å². The molecule has 108 valence electrons. The molecule has 1 rings (SSSR count). The summed E-state index contributed by atoms with van der Waals surface area (Å²) in [5.74, 6) is 1.63. The summed E-state index contributed by atoms with van der Waals surface area (Å²) in [7, 11) is 0. The van der Waals surface area contributed by atoms with Gasteiger partial charge in [0.1, 0.15) is 0 Å². The molecule has 0 saturated heterocycles. The van der Waals surface area contributed by atoms with Crippen LogP contribution in [0.4, 0.5) is 0 Å². The molecule has 0 spiro atoms. The second kappa shape index (κ2) is 7.49. The van der Waals surface area contributed by atoms with E-state index in [0.717, 1.165) is 31.5 Å². The predicted molar refractivity (Wildman–Crippen MR) is 78.9 cm³/mol. The van der Waals surface area contributed by atoms with Gasteiger partial charge >= 0.3 is 0 Å². The van der Waals surface area contributed by atoms with Crippen LogP contribution >= 0.6 is 0 Å². The summed E-state index contributed by atoms with van der Waals surface area (Å²) >= 11 is 0. The lowest BCUT2D eigenvalue weighted by molar-refractivity contribution is -0.0203. The lowest BCUT2D eigenvalue weighted by atomic mass is 9.88. The Morgan fingerprint density at radius 1 is 1.17 bits per heavy atom. The highest BCUT2D eigenvalue weighted by Gasteiger charge is 2.23. The summed E-state index contributed by atoms with van der Waals surface area (Å²) in [4.78, 5) is 0. The van der Waals surface area contributed by atoms with Gasteiger partial charge in [-0.3, -0.25) is 0 Å². The molecule has 2 nitrogen and oxygen atoms in total. The van der Waals surface area contributed by atoms with Gasteiger partial charge in [-0.2, -0.15) is 0 Å². The van der Waals surface area contributed by atoms with Gasteiger partial charge in [-0.15, -0.1) is 0 Å². The van der Waals surface area contributed by atoms with Crippen LogP contribution < -0.4 is 5.32 Å². The Morgan fingerprint density at radius 3 is 2.33 bits per heavy atom. The van der Waals surface area contributed by atoms with E-state index in [1.165, 1.54) is 25.7 Å². The molecule has 0 heterocycles. The van der Waals surface area contributed by atoms with Crippen molar-refractivity contribution in [3.8, 4) is 0 Å². The molecular weight excluding hydrogens is 222 g/mol. The van der Waals surface area contributed by atoms with Crippen LogP contribution in [-0.4, -0.2) is 25.8 Å². The van der Waals surface area contributed by atoms with Gasteiger partial charge in [0.05, 0.1) is 12.7 Å². The van der Waals surface area contributed by atoms with Crippen LogP contribution in [0.25, 0.3) is 0 Å². The largest absolute Gasteiger partial charge is 0.378 e. The fourth-order valence-corrected chi connectivity index (χ4v) is 2.49. The SMILES string of the molecule is CC(C)CNCC(C)(C)COC1CCC(C)CC1. The molecule has 0 radical (unpaired) electrons. The third-order valence-corrected chi connectivity index (χ3v) is 3.83. The normalized spacial score (nSPS) is 25.7. The summed E-state index contributed by atoms with van der Waals surface area (Å²) in [6, 6.07) is 0. The number of hydrogen-bond donors (Lipinski definition) is 1. The predicted octanol–water partition coefficient (Wildman–Crippen LogP) is 3.85. The molecule has 0 unspecified atom stereocenters. The monoisotopic (exact) mass is 255 g/mol. The minimum Gasteiger partial charge on any atom is -0.378 e. The zero-order valence-electron chi connectivity index (χ0n) is 13.1. The lowest BCUT2D eigenvalue weighted by Crippen LogP contribution is -2.36. The van der Waals surface area contributed by atoms with Gasteiger partial charge in [-0.05, 0) is 44.1 Å². The molecule has 1 fully saturated rings. The maximum absolute atomic E-state index is 6.11. The van der Waals surface area contributed by atoms with Crippen molar-refractivity contribution in [1.82, 2.24) is 5.32 Å². The van der Waals surface area contributed by atoms with Crippen LogP contribution in [0.5, 0.6) is 0 Å². The molecule has 0 aromatic rings. The second-order valence-corrected chi connectivity index (χ2v) is 7.38. The van der Waals surface area contributed by atoms with Gasteiger partial charge in [-0.25, -0.2) is 0 Å². The van der Waals surface area contributed by atoms with Crippen molar-refractivity contribution in [3.05, 3.63) is 0 Å². The van der Waals surface area contributed by atoms with Crippen molar-refractivity contribution in [2.24, 2.45) is 17.3 Å². The fraction of sp³-hybridized carbons (Fsp3) is 1.00. The highest BCUT2D eigenvalue weighted by molar-refractivity contribution is 4.75. The molecule has 0 atom stereocenters. The van der Waals surface area contributed by atoms with Crippen LogP contribution in [0.3, 0.4) is 0 Å². The Kier molecular flexibility index (Phi) is 6.65. The highest BCUT2D eigenvalue weighted by atomic mass is 16.5. The third kappa shape index (κ3) is 6.75. The van der Waals surface area contributed by atoms with Crippen LogP contribution in [-0.2, 0) is 4.74 Å². The first kappa shape index (κ1) is 16.0. The van der Waals surface area contributed by atoms with Crippen molar-refractivity contribution in [2.45, 2.75) is 66.4 Å². The van der Waals surface area contributed by atoms with Crippen LogP contribution in [0.2, 0.25) is 0 Å². The minimum atomic E-state index is 0.248. The molecule has 0 aromatic heterocycles. The first-order valence-corrected chi connectivity index (χ1v) is 7.71. The van der Waals surface area contributed by atoms with E-state index >= 15 is 0 Å². The molecule has 2 heteroatoms. The van der Waals surface area contributed by atoms with E-state index in [2.05, 4.69) is 39.9 Å². The summed E-state index contributed by atoms with van der Waals surface area (Å²) in [5, 5.41) is 3.54. The molecule has 0 amide bonds. The maximum atomic E-state index is 6.11. The molecular formula is C16H33NO. The summed E-state index contributed by atoms with van der Waals surface area (Å²) in [6.07, 6.45) is 5.73. The minimum absolute atomic E-state index is 0.248. The maximum Gasteiger partial charge on any atom is 0.0575 e. The van der Waals surface area contributed by atoms with E-state index in [0.29, 0.717) is 6.10 Å². The number of ether oxygens (including phenoxy) is 1. The second-order valence-electron chi connectivity index (χ2n) is 7.38. The van der Waals surface area contributed by atoms with E-state index in [4.69, 9.17) is 4.74 Å². The topological polar surface area (TPSA) is 21.3 Å². The molecule has 0 aliphatic heterocycles. The molecule has 1 aliphatic rings. The van der Waals surface area contributed by atoms with Crippen molar-refractivity contribution in [1.29, 1.82) is 0 Å². The number of nitrogens with one attached hydrogen (secondary N) is 1. The molecule has 0 bridgehead atoms. The first-order chi connectivity index (χ1) is 8.39. The lowest BCUT2D eigenvalue weighted by Gasteiger charge is -2.31.